The Hall–Kier alpha value is -2.15. The highest BCUT2D eigenvalue weighted by Crippen LogP contribution is 2.27. The maximum atomic E-state index is 8.86. The fourth-order valence-electron chi connectivity index (χ4n) is 2.41. The number of hydrogen-bond donors (Lipinski definition) is 0. The molecule has 19 heavy (non-hydrogen) atoms. The molecule has 94 valence electrons. The molecule has 0 aliphatic rings. The van der Waals surface area contributed by atoms with Crippen LogP contribution in [-0.2, 0) is 0 Å². The number of fused-ring (bicyclic) bond motifs is 1. The van der Waals surface area contributed by atoms with Gasteiger partial charge in [-0.2, -0.15) is 0 Å². The number of pyridine rings is 1. The quantitative estimate of drug-likeness (QED) is 0.650. The van der Waals surface area contributed by atoms with Crippen molar-refractivity contribution >= 4 is 10.9 Å². The van der Waals surface area contributed by atoms with Crippen molar-refractivity contribution in [2.24, 2.45) is 0 Å². The number of nitrogens with zero attached hydrogens (tertiary/aromatic N) is 1. The summed E-state index contributed by atoms with van der Waals surface area (Å²) >= 11 is 0. The molecular weight excluding hydrogens is 230 g/mol. The second kappa shape index (κ2) is 5.23. The fourth-order valence-corrected chi connectivity index (χ4v) is 2.41. The Kier molecular flexibility index (Phi) is 2.96. The van der Waals surface area contributed by atoms with Crippen LogP contribution in [0.15, 0.2) is 66.7 Å². The van der Waals surface area contributed by atoms with Gasteiger partial charge < -0.3 is 0 Å². The summed E-state index contributed by atoms with van der Waals surface area (Å²) in [7, 11) is 0. The Balaban J connectivity index is 2.16. The zero-order valence-corrected chi connectivity index (χ0v) is 11.0. The fraction of sp³-hybridized carbons (Fsp3) is 0.167. The molecule has 3 aromatic rings. The lowest BCUT2D eigenvalue weighted by Crippen LogP contribution is -2.02. The van der Waals surface area contributed by atoms with Crippen molar-refractivity contribution in [3.63, 3.8) is 0 Å². The van der Waals surface area contributed by atoms with Crippen LogP contribution >= 0.6 is 0 Å². The van der Waals surface area contributed by atoms with E-state index in [0.717, 1.165) is 22.2 Å². The lowest BCUT2D eigenvalue weighted by atomic mass is 9.92. The van der Waals surface area contributed by atoms with Gasteiger partial charge in [0.1, 0.15) is 0 Å². The van der Waals surface area contributed by atoms with E-state index < -0.39 is 5.89 Å². The zero-order chi connectivity index (χ0) is 14.0. The molecule has 1 atom stereocenters. The summed E-state index contributed by atoms with van der Waals surface area (Å²) in [5.74, 6) is -0.786. The van der Waals surface area contributed by atoms with E-state index in [-0.39, 0.29) is 0 Å². The molecule has 0 spiro atoms. The molecule has 0 radical (unpaired) electrons. The van der Waals surface area contributed by atoms with Crippen molar-refractivity contribution in [2.75, 3.05) is 0 Å². The molecule has 1 heteroatoms. The summed E-state index contributed by atoms with van der Waals surface area (Å²) in [5, 5.41) is 1.11. The van der Waals surface area contributed by atoms with Gasteiger partial charge in [-0.3, -0.25) is 4.98 Å². The molecule has 2 aromatic carbocycles. The molecule has 0 aliphatic carbocycles. The van der Waals surface area contributed by atoms with Crippen molar-refractivity contribution in [3.8, 4) is 0 Å². The van der Waals surface area contributed by atoms with Crippen LogP contribution in [0.1, 0.15) is 31.9 Å². The average molecular weight is 248 g/mol. The largest absolute Gasteiger partial charge is 0.252 e. The van der Waals surface area contributed by atoms with E-state index in [0.29, 0.717) is 6.42 Å². The highest BCUT2D eigenvalue weighted by Gasteiger charge is 2.13. The first-order valence-electron chi connectivity index (χ1n) is 7.16. The number of rotatable bonds is 3. The minimum absolute atomic E-state index is 0.697. The summed E-state index contributed by atoms with van der Waals surface area (Å²) < 4.78 is 8.86. The van der Waals surface area contributed by atoms with Crippen LogP contribution in [0.5, 0.6) is 0 Å². The van der Waals surface area contributed by atoms with E-state index in [1.807, 2.05) is 67.6 Å². The van der Waals surface area contributed by atoms with Gasteiger partial charge in [-0.1, -0.05) is 61.5 Å². The Morgan fingerprint density at radius 3 is 2.47 bits per heavy atom. The van der Waals surface area contributed by atoms with Gasteiger partial charge in [0, 0.05) is 18.3 Å². The van der Waals surface area contributed by atoms with Crippen molar-refractivity contribution in [1.29, 1.82) is 0 Å². The Morgan fingerprint density at radius 1 is 0.947 bits per heavy atom. The van der Waals surface area contributed by atoms with Gasteiger partial charge in [-0.05, 0) is 24.1 Å². The van der Waals surface area contributed by atoms with Crippen molar-refractivity contribution in [2.45, 2.75) is 19.2 Å². The maximum absolute atomic E-state index is 8.86. The highest BCUT2D eigenvalue weighted by molar-refractivity contribution is 5.78. The van der Waals surface area contributed by atoms with Gasteiger partial charge in [0.25, 0.3) is 0 Å². The van der Waals surface area contributed by atoms with Gasteiger partial charge in [-0.15, -0.1) is 0 Å². The lowest BCUT2D eigenvalue weighted by Gasteiger charge is -2.15. The van der Waals surface area contributed by atoms with E-state index in [4.69, 9.17) is 6.35 Å². The molecule has 0 amide bonds. The van der Waals surface area contributed by atoms with Crippen LogP contribution in [0.25, 0.3) is 10.9 Å². The van der Waals surface area contributed by atoms with Gasteiger partial charge in [-0.25, -0.2) is 0 Å². The van der Waals surface area contributed by atoms with Crippen molar-refractivity contribution in [3.05, 3.63) is 78.0 Å². The molecule has 1 aromatic heterocycles. The van der Waals surface area contributed by atoms with Crippen LogP contribution in [0.4, 0.5) is 0 Å². The number of hydrogen-bond acceptors (Lipinski definition) is 1. The molecule has 0 aliphatic heterocycles. The first kappa shape index (κ1) is 10.7. The molecule has 0 N–H and O–H groups in total. The summed E-state index contributed by atoms with van der Waals surface area (Å²) in [4.78, 5) is 4.71. The monoisotopic (exact) mass is 248 g/mol. The number of aromatic nitrogens is 1. The SMILES string of the molecule is [2H]C(CC)(c1ccccc1)c1ccc2ccccc2n1. The normalized spacial score (nSPS) is 14.9. The van der Waals surface area contributed by atoms with Crippen molar-refractivity contribution in [1.82, 2.24) is 4.98 Å². The van der Waals surface area contributed by atoms with Gasteiger partial charge in [0.2, 0.25) is 0 Å². The van der Waals surface area contributed by atoms with E-state index in [1.54, 1.807) is 0 Å². The van der Waals surface area contributed by atoms with Gasteiger partial charge >= 0.3 is 0 Å². The topological polar surface area (TPSA) is 12.9 Å². The van der Waals surface area contributed by atoms with Crippen LogP contribution in [0.3, 0.4) is 0 Å². The van der Waals surface area contributed by atoms with Gasteiger partial charge in [0.15, 0.2) is 0 Å². The third-order valence-electron chi connectivity index (χ3n) is 3.38. The second-order valence-corrected chi connectivity index (χ2v) is 4.59. The second-order valence-electron chi connectivity index (χ2n) is 4.59. The zero-order valence-electron chi connectivity index (χ0n) is 12.0. The number of benzene rings is 2. The molecule has 1 heterocycles. The predicted molar refractivity (Wildman–Crippen MR) is 80.3 cm³/mol. The third-order valence-corrected chi connectivity index (χ3v) is 3.38. The van der Waals surface area contributed by atoms with Crippen molar-refractivity contribution < 1.29 is 1.37 Å². The van der Waals surface area contributed by atoms with E-state index >= 15 is 0 Å². The van der Waals surface area contributed by atoms with E-state index in [9.17, 15) is 0 Å². The summed E-state index contributed by atoms with van der Waals surface area (Å²) in [6.45, 7) is 2.04. The molecule has 0 saturated heterocycles. The summed E-state index contributed by atoms with van der Waals surface area (Å²) in [5.41, 5.74) is 2.75. The average Bonchev–Trinajstić information content (AvgIpc) is 2.54. The lowest BCUT2D eigenvalue weighted by molar-refractivity contribution is 0.754. The summed E-state index contributed by atoms with van der Waals surface area (Å²) in [6, 6.07) is 22.0. The molecule has 0 fully saturated rings. The van der Waals surface area contributed by atoms with E-state index in [1.165, 1.54) is 0 Å². The first-order valence-corrected chi connectivity index (χ1v) is 6.66. The van der Waals surface area contributed by atoms with E-state index in [2.05, 4.69) is 6.07 Å². The minimum Gasteiger partial charge on any atom is -0.252 e. The maximum Gasteiger partial charge on any atom is 0.0705 e. The molecule has 0 saturated carbocycles. The van der Waals surface area contributed by atoms with Crippen LogP contribution < -0.4 is 0 Å². The number of para-hydroxylation sites is 1. The molecule has 0 bridgehead atoms. The highest BCUT2D eigenvalue weighted by atomic mass is 14.7. The third kappa shape index (κ3) is 2.37. The molecular formula is C18H17N. The predicted octanol–water partition coefficient (Wildman–Crippen LogP) is 4.78. The minimum atomic E-state index is -0.786. The molecule has 3 rings (SSSR count). The van der Waals surface area contributed by atoms with Crippen LogP contribution in [0.2, 0.25) is 0 Å². The Morgan fingerprint density at radius 2 is 1.68 bits per heavy atom. The Labute approximate surface area is 115 Å². The first-order chi connectivity index (χ1) is 9.74. The smallest absolute Gasteiger partial charge is 0.0705 e. The summed E-state index contributed by atoms with van der Waals surface area (Å²) in [6.07, 6.45) is 0.697. The van der Waals surface area contributed by atoms with Crippen LogP contribution in [0, 0.1) is 0 Å². The molecule has 1 nitrogen and oxygen atoms in total. The molecule has 1 unspecified atom stereocenters. The van der Waals surface area contributed by atoms with Crippen LogP contribution in [-0.4, -0.2) is 4.98 Å². The van der Waals surface area contributed by atoms with Gasteiger partial charge in [0.05, 0.1) is 5.52 Å². The standard InChI is InChI=1S/C18H17N/c1-2-16(14-8-4-3-5-9-14)18-13-12-15-10-6-7-11-17(15)19-18/h3-13,16H,2H2,1H3/i16D. The Bertz CT molecular complexity index is 724.